The number of rotatable bonds is 5. The summed E-state index contributed by atoms with van der Waals surface area (Å²) in [5, 5.41) is 6.23. The molecule has 6 nitrogen and oxygen atoms in total. The van der Waals surface area contributed by atoms with Gasteiger partial charge in [-0.1, -0.05) is 29.0 Å². The van der Waals surface area contributed by atoms with Crippen LogP contribution in [-0.4, -0.2) is 34.9 Å². The Kier molecular flexibility index (Phi) is 6.16. The van der Waals surface area contributed by atoms with Gasteiger partial charge >= 0.3 is 6.03 Å². The fourth-order valence-electron chi connectivity index (χ4n) is 2.13. The van der Waals surface area contributed by atoms with Crippen LogP contribution in [0.3, 0.4) is 0 Å². The molecule has 24 heavy (non-hydrogen) atoms. The first kappa shape index (κ1) is 18.2. The van der Waals surface area contributed by atoms with Crippen LogP contribution >= 0.6 is 22.9 Å². The molecule has 0 saturated heterocycles. The van der Waals surface area contributed by atoms with Crippen LogP contribution in [-0.2, 0) is 0 Å². The average Bonchev–Trinajstić information content (AvgIpc) is 2.88. The highest BCUT2D eigenvalue weighted by molar-refractivity contribution is 7.17. The summed E-state index contributed by atoms with van der Waals surface area (Å²) in [6.07, 6.45) is 0. The second-order valence-electron chi connectivity index (χ2n) is 5.00. The van der Waals surface area contributed by atoms with Crippen LogP contribution in [0, 0.1) is 6.92 Å². The molecular weight excluding hydrogens is 348 g/mol. The van der Waals surface area contributed by atoms with E-state index in [1.54, 1.807) is 36.1 Å². The van der Waals surface area contributed by atoms with Gasteiger partial charge in [0.05, 0.1) is 5.69 Å². The van der Waals surface area contributed by atoms with Gasteiger partial charge in [-0.15, -0.1) is 0 Å². The Labute approximate surface area is 149 Å². The quantitative estimate of drug-likeness (QED) is 0.831. The van der Waals surface area contributed by atoms with E-state index in [0.717, 1.165) is 0 Å². The average molecular weight is 367 g/mol. The lowest BCUT2D eigenvalue weighted by molar-refractivity contribution is 0.0777. The number of nitrogens with one attached hydrogen (secondary N) is 2. The van der Waals surface area contributed by atoms with Crippen molar-refractivity contribution in [2.45, 2.75) is 20.8 Å². The lowest BCUT2D eigenvalue weighted by atomic mass is 10.3. The maximum Gasteiger partial charge on any atom is 0.325 e. The number of aromatic nitrogens is 1. The van der Waals surface area contributed by atoms with E-state index in [2.05, 4.69) is 15.6 Å². The number of anilines is 2. The van der Waals surface area contributed by atoms with E-state index in [0.29, 0.717) is 39.5 Å². The molecule has 0 aliphatic carbocycles. The molecule has 0 spiro atoms. The molecule has 2 rings (SSSR count). The molecule has 128 valence electrons. The Hall–Kier alpha value is -2.12. The number of thiazole rings is 1. The zero-order valence-electron chi connectivity index (χ0n) is 13.7. The third-order valence-corrected chi connectivity index (χ3v) is 4.64. The van der Waals surface area contributed by atoms with Crippen LogP contribution in [0.15, 0.2) is 24.3 Å². The molecule has 0 saturated carbocycles. The summed E-state index contributed by atoms with van der Waals surface area (Å²) in [4.78, 5) is 31.0. The molecular formula is C16H19ClN4O2S. The smallest absolute Gasteiger partial charge is 0.325 e. The van der Waals surface area contributed by atoms with Crippen molar-refractivity contribution in [2.24, 2.45) is 0 Å². The van der Waals surface area contributed by atoms with Gasteiger partial charge in [-0.2, -0.15) is 0 Å². The van der Waals surface area contributed by atoms with Crippen LogP contribution in [0.2, 0.25) is 5.02 Å². The van der Waals surface area contributed by atoms with Gasteiger partial charge in [0.1, 0.15) is 4.88 Å². The Morgan fingerprint density at radius 3 is 2.58 bits per heavy atom. The molecule has 0 bridgehead atoms. The molecule has 0 atom stereocenters. The summed E-state index contributed by atoms with van der Waals surface area (Å²) in [7, 11) is 0. The monoisotopic (exact) mass is 366 g/mol. The molecule has 1 aromatic carbocycles. The zero-order chi connectivity index (χ0) is 17.7. The molecule has 1 aromatic heterocycles. The number of amides is 3. The largest absolute Gasteiger partial charge is 0.338 e. The molecule has 0 unspecified atom stereocenters. The minimum Gasteiger partial charge on any atom is -0.338 e. The maximum absolute atomic E-state index is 12.4. The van der Waals surface area contributed by atoms with Gasteiger partial charge in [-0.25, -0.2) is 9.78 Å². The molecule has 0 radical (unpaired) electrons. The Morgan fingerprint density at radius 2 is 1.96 bits per heavy atom. The Morgan fingerprint density at radius 1 is 1.25 bits per heavy atom. The number of carbonyl (C=O) groups is 2. The van der Waals surface area contributed by atoms with Crippen LogP contribution in [0.25, 0.3) is 0 Å². The number of benzene rings is 1. The number of halogens is 1. The van der Waals surface area contributed by atoms with Crippen molar-refractivity contribution < 1.29 is 9.59 Å². The van der Waals surface area contributed by atoms with Gasteiger partial charge in [0.25, 0.3) is 5.91 Å². The summed E-state index contributed by atoms with van der Waals surface area (Å²) in [6.45, 7) is 6.87. The number of urea groups is 1. The van der Waals surface area contributed by atoms with E-state index in [-0.39, 0.29) is 5.91 Å². The van der Waals surface area contributed by atoms with Gasteiger partial charge in [-0.3, -0.25) is 10.1 Å². The predicted octanol–water partition coefficient (Wildman–Crippen LogP) is 4.23. The third-order valence-electron chi connectivity index (χ3n) is 3.34. The van der Waals surface area contributed by atoms with E-state index >= 15 is 0 Å². The van der Waals surface area contributed by atoms with Gasteiger partial charge < -0.3 is 10.2 Å². The normalized spacial score (nSPS) is 10.3. The highest BCUT2D eigenvalue weighted by atomic mass is 35.5. The number of hydrogen-bond donors (Lipinski definition) is 2. The molecule has 0 aliphatic rings. The minimum atomic E-state index is -0.437. The minimum absolute atomic E-state index is 0.0710. The summed E-state index contributed by atoms with van der Waals surface area (Å²) >= 11 is 7.05. The molecule has 0 aliphatic heterocycles. The number of aryl methyl sites for hydroxylation is 1. The van der Waals surface area contributed by atoms with E-state index in [9.17, 15) is 9.59 Å². The van der Waals surface area contributed by atoms with Crippen molar-refractivity contribution in [3.8, 4) is 0 Å². The third kappa shape index (κ3) is 4.46. The first-order valence-electron chi connectivity index (χ1n) is 7.54. The number of hydrogen-bond acceptors (Lipinski definition) is 4. The lowest BCUT2D eigenvalue weighted by Crippen LogP contribution is -2.30. The maximum atomic E-state index is 12.4. The second-order valence-corrected chi connectivity index (χ2v) is 6.44. The van der Waals surface area contributed by atoms with Crippen molar-refractivity contribution in [1.82, 2.24) is 9.88 Å². The van der Waals surface area contributed by atoms with E-state index in [4.69, 9.17) is 11.6 Å². The molecule has 1 heterocycles. The van der Waals surface area contributed by atoms with Crippen LogP contribution in [0.1, 0.15) is 29.2 Å². The fourth-order valence-corrected chi connectivity index (χ4v) is 3.25. The van der Waals surface area contributed by atoms with Crippen LogP contribution in [0.4, 0.5) is 15.6 Å². The molecule has 2 N–H and O–H groups in total. The van der Waals surface area contributed by atoms with Crippen molar-refractivity contribution in [3.05, 3.63) is 39.9 Å². The van der Waals surface area contributed by atoms with Crippen molar-refractivity contribution in [3.63, 3.8) is 0 Å². The van der Waals surface area contributed by atoms with Crippen molar-refractivity contribution >= 4 is 45.7 Å². The predicted molar refractivity (Wildman–Crippen MR) is 98.2 cm³/mol. The highest BCUT2D eigenvalue weighted by Crippen LogP contribution is 2.24. The summed E-state index contributed by atoms with van der Waals surface area (Å²) in [5.74, 6) is -0.0710. The molecule has 3 amide bonds. The SMILES string of the molecule is CCN(CC)C(=O)c1sc(NC(=O)Nc2cccc(Cl)c2)nc1C. The van der Waals surface area contributed by atoms with Crippen molar-refractivity contribution in [1.29, 1.82) is 0 Å². The first-order valence-corrected chi connectivity index (χ1v) is 8.74. The number of nitrogens with zero attached hydrogens (tertiary/aromatic N) is 2. The fraction of sp³-hybridized carbons (Fsp3) is 0.312. The second kappa shape index (κ2) is 8.12. The van der Waals surface area contributed by atoms with E-state index in [1.165, 1.54) is 11.3 Å². The Bertz CT molecular complexity index is 743. The Balaban J connectivity index is 2.07. The highest BCUT2D eigenvalue weighted by Gasteiger charge is 2.20. The van der Waals surface area contributed by atoms with Gasteiger partial charge in [0, 0.05) is 23.8 Å². The summed E-state index contributed by atoms with van der Waals surface area (Å²) < 4.78 is 0. The summed E-state index contributed by atoms with van der Waals surface area (Å²) in [6, 6.07) is 6.40. The summed E-state index contributed by atoms with van der Waals surface area (Å²) in [5.41, 5.74) is 1.18. The topological polar surface area (TPSA) is 74.3 Å². The molecule has 0 fully saturated rings. The molecule has 2 aromatic rings. The first-order chi connectivity index (χ1) is 11.4. The van der Waals surface area contributed by atoms with E-state index in [1.807, 2.05) is 13.8 Å². The standard InChI is InChI=1S/C16H19ClN4O2S/c1-4-21(5-2)14(22)13-10(3)18-16(24-13)20-15(23)19-12-8-6-7-11(17)9-12/h6-9H,4-5H2,1-3H3,(H2,18,19,20,23). The van der Waals surface area contributed by atoms with Crippen LogP contribution in [0.5, 0.6) is 0 Å². The van der Waals surface area contributed by atoms with Gasteiger partial charge in [0.2, 0.25) is 0 Å². The zero-order valence-corrected chi connectivity index (χ0v) is 15.3. The number of carbonyl (C=O) groups excluding carboxylic acids is 2. The van der Waals surface area contributed by atoms with Gasteiger partial charge in [0.15, 0.2) is 5.13 Å². The molecule has 8 heteroatoms. The van der Waals surface area contributed by atoms with Crippen molar-refractivity contribution in [2.75, 3.05) is 23.7 Å². The lowest BCUT2D eigenvalue weighted by Gasteiger charge is -2.17. The van der Waals surface area contributed by atoms with Crippen LogP contribution < -0.4 is 10.6 Å². The van der Waals surface area contributed by atoms with E-state index < -0.39 is 6.03 Å². The van der Waals surface area contributed by atoms with Gasteiger partial charge in [-0.05, 0) is 39.0 Å².